The molecule has 1 aliphatic rings. The lowest BCUT2D eigenvalue weighted by Gasteiger charge is -2.17. The number of rotatable bonds is 8. The Morgan fingerprint density at radius 2 is 1.67 bits per heavy atom. The van der Waals surface area contributed by atoms with Crippen LogP contribution >= 0.6 is 0 Å². The summed E-state index contributed by atoms with van der Waals surface area (Å²) in [5.74, 6) is -1.69. The van der Waals surface area contributed by atoms with Gasteiger partial charge in [-0.05, 0) is 30.5 Å². The van der Waals surface area contributed by atoms with Crippen molar-refractivity contribution in [3.8, 4) is 0 Å². The topological polar surface area (TPSA) is 93.7 Å². The second kappa shape index (κ2) is 9.73. The highest BCUT2D eigenvalue weighted by atomic mass is 16.6. The summed E-state index contributed by atoms with van der Waals surface area (Å²) < 4.78 is 10.5. The summed E-state index contributed by atoms with van der Waals surface area (Å²) >= 11 is 0. The van der Waals surface area contributed by atoms with E-state index in [0.29, 0.717) is 12.2 Å². The first-order chi connectivity index (χ1) is 14.5. The summed E-state index contributed by atoms with van der Waals surface area (Å²) in [5.41, 5.74) is 1.53. The van der Waals surface area contributed by atoms with E-state index in [1.54, 1.807) is 24.3 Å². The lowest BCUT2D eigenvalue weighted by molar-refractivity contribution is -0.151. The van der Waals surface area contributed by atoms with Gasteiger partial charge < -0.3 is 20.1 Å². The van der Waals surface area contributed by atoms with E-state index in [0.717, 1.165) is 5.56 Å². The van der Waals surface area contributed by atoms with E-state index in [1.165, 1.54) is 6.92 Å². The average molecular weight is 408 g/mol. The normalized spacial score (nSPS) is 15.2. The highest BCUT2D eigenvalue weighted by molar-refractivity contribution is 6.20. The van der Waals surface area contributed by atoms with Crippen LogP contribution in [0, 0.1) is 0 Å². The van der Waals surface area contributed by atoms with Crippen molar-refractivity contribution in [2.24, 2.45) is 0 Å². The average Bonchev–Trinajstić information content (AvgIpc) is 3.12. The molecule has 30 heavy (non-hydrogen) atoms. The van der Waals surface area contributed by atoms with Gasteiger partial charge in [-0.1, -0.05) is 55.5 Å². The maximum absolute atomic E-state index is 12.5. The zero-order valence-electron chi connectivity index (χ0n) is 16.9. The molecule has 0 saturated carbocycles. The number of esters is 1. The van der Waals surface area contributed by atoms with Crippen molar-refractivity contribution in [1.29, 1.82) is 0 Å². The molecule has 0 spiro atoms. The predicted octanol–water partition coefficient (Wildman–Crippen LogP) is 2.76. The van der Waals surface area contributed by atoms with E-state index in [1.807, 2.05) is 43.3 Å². The van der Waals surface area contributed by atoms with Crippen LogP contribution in [-0.4, -0.2) is 36.9 Å². The predicted molar refractivity (Wildman–Crippen MR) is 111 cm³/mol. The van der Waals surface area contributed by atoms with Crippen molar-refractivity contribution in [2.75, 3.05) is 18.5 Å². The smallest absolute Gasteiger partial charge is 0.348 e. The Morgan fingerprint density at radius 1 is 1.03 bits per heavy atom. The highest BCUT2D eigenvalue weighted by Crippen LogP contribution is 2.21. The number of para-hydroxylation sites is 1. The minimum Gasteiger partial charge on any atom is -0.470 e. The molecule has 156 valence electrons. The quantitative estimate of drug-likeness (QED) is 0.515. The van der Waals surface area contributed by atoms with Gasteiger partial charge in [0.25, 0.3) is 5.91 Å². The number of benzene rings is 2. The van der Waals surface area contributed by atoms with Crippen molar-refractivity contribution in [1.82, 2.24) is 5.32 Å². The van der Waals surface area contributed by atoms with E-state index < -0.39 is 23.8 Å². The van der Waals surface area contributed by atoms with Gasteiger partial charge in [0.15, 0.2) is 18.3 Å². The molecule has 2 aromatic rings. The van der Waals surface area contributed by atoms with E-state index in [2.05, 4.69) is 10.6 Å². The van der Waals surface area contributed by atoms with Gasteiger partial charge in [0.2, 0.25) is 11.7 Å². The fourth-order valence-electron chi connectivity index (χ4n) is 2.94. The molecule has 7 heteroatoms. The molecule has 0 aromatic heterocycles. The zero-order valence-corrected chi connectivity index (χ0v) is 16.9. The summed E-state index contributed by atoms with van der Waals surface area (Å²) in [7, 11) is 0. The number of anilines is 1. The summed E-state index contributed by atoms with van der Waals surface area (Å²) in [4.78, 5) is 37.0. The minimum absolute atomic E-state index is 0.0292. The van der Waals surface area contributed by atoms with Crippen molar-refractivity contribution in [2.45, 2.75) is 25.9 Å². The lowest BCUT2D eigenvalue weighted by atomic mass is 10.0. The van der Waals surface area contributed by atoms with E-state index in [9.17, 15) is 14.4 Å². The van der Waals surface area contributed by atoms with Gasteiger partial charge in [-0.25, -0.2) is 4.79 Å². The van der Waals surface area contributed by atoms with Crippen molar-refractivity contribution >= 4 is 23.3 Å². The molecule has 1 aliphatic heterocycles. The molecule has 0 saturated heterocycles. The Kier molecular flexibility index (Phi) is 6.85. The summed E-state index contributed by atoms with van der Waals surface area (Å²) in [6.07, 6.45) is -1.06. The molecule has 3 rings (SSSR count). The number of Topliss-reactive ketones (excluding diaryl/α,β-unsaturated/α-hetero) is 1. The Labute approximate surface area is 175 Å². The molecule has 1 amide bonds. The second-order valence-corrected chi connectivity index (χ2v) is 7.01. The Hall–Kier alpha value is -3.61. The van der Waals surface area contributed by atoms with Crippen LogP contribution in [0.1, 0.15) is 25.3 Å². The second-order valence-electron chi connectivity index (χ2n) is 7.01. The first-order valence-electron chi connectivity index (χ1n) is 9.71. The molecule has 7 nitrogen and oxygen atoms in total. The molecule has 0 unspecified atom stereocenters. The maximum atomic E-state index is 12.5. The van der Waals surface area contributed by atoms with Crippen molar-refractivity contribution < 1.29 is 23.9 Å². The van der Waals surface area contributed by atoms with Crippen LogP contribution in [0.25, 0.3) is 0 Å². The van der Waals surface area contributed by atoms with Crippen LogP contribution < -0.4 is 10.6 Å². The Morgan fingerprint density at radius 3 is 2.33 bits per heavy atom. The fraction of sp³-hybridized carbons (Fsp3) is 0.261. The summed E-state index contributed by atoms with van der Waals surface area (Å²) in [6.45, 7) is 3.60. The lowest BCUT2D eigenvalue weighted by Crippen LogP contribution is -2.38. The van der Waals surface area contributed by atoms with Gasteiger partial charge in [-0.15, -0.1) is 0 Å². The SMILES string of the molecule is C[C@H](OC(=O)C1=C(Nc2ccccc2)OCC1=O)C(=O)NC[C@@H](C)c1ccccc1. The molecule has 2 N–H and O–H groups in total. The van der Waals surface area contributed by atoms with Crippen LogP contribution in [0.2, 0.25) is 0 Å². The monoisotopic (exact) mass is 408 g/mol. The number of carbonyl (C=O) groups is 3. The van der Waals surface area contributed by atoms with Gasteiger partial charge >= 0.3 is 5.97 Å². The number of ether oxygens (including phenoxy) is 2. The van der Waals surface area contributed by atoms with Crippen LogP contribution in [0.4, 0.5) is 5.69 Å². The standard InChI is InChI=1S/C23H24N2O5/c1-15(17-9-5-3-6-10-17)13-24-21(27)16(2)30-23(28)20-19(26)14-29-22(20)25-18-11-7-4-8-12-18/h3-12,15-16,25H,13-14H2,1-2H3,(H,24,27)/t15-,16+/m1/s1. The minimum atomic E-state index is -1.06. The Bertz CT molecular complexity index is 941. The molecular formula is C23H24N2O5. The van der Waals surface area contributed by atoms with Gasteiger partial charge in [0.1, 0.15) is 0 Å². The third kappa shape index (κ3) is 5.26. The summed E-state index contributed by atoms with van der Waals surface area (Å²) in [6, 6.07) is 18.8. The number of hydrogen-bond donors (Lipinski definition) is 2. The number of ketones is 1. The molecule has 0 radical (unpaired) electrons. The van der Waals surface area contributed by atoms with Crippen LogP contribution in [0.5, 0.6) is 0 Å². The first kappa shape index (κ1) is 21.1. The number of amides is 1. The third-order valence-electron chi connectivity index (χ3n) is 4.69. The molecular weight excluding hydrogens is 384 g/mol. The number of nitrogens with one attached hydrogen (secondary N) is 2. The molecule has 0 bridgehead atoms. The molecule has 2 aromatic carbocycles. The first-order valence-corrected chi connectivity index (χ1v) is 9.71. The highest BCUT2D eigenvalue weighted by Gasteiger charge is 2.34. The van der Waals surface area contributed by atoms with E-state index >= 15 is 0 Å². The van der Waals surface area contributed by atoms with Crippen LogP contribution in [-0.2, 0) is 23.9 Å². The van der Waals surface area contributed by atoms with Crippen LogP contribution in [0.3, 0.4) is 0 Å². The molecule has 2 atom stereocenters. The van der Waals surface area contributed by atoms with Gasteiger partial charge in [0.05, 0.1) is 0 Å². The van der Waals surface area contributed by atoms with Gasteiger partial charge in [-0.3, -0.25) is 9.59 Å². The summed E-state index contributed by atoms with van der Waals surface area (Å²) in [5, 5.41) is 5.67. The molecule has 0 aliphatic carbocycles. The zero-order chi connectivity index (χ0) is 21.5. The van der Waals surface area contributed by atoms with Crippen LogP contribution in [0.15, 0.2) is 72.1 Å². The fourth-order valence-corrected chi connectivity index (χ4v) is 2.94. The van der Waals surface area contributed by atoms with Crippen molar-refractivity contribution in [3.63, 3.8) is 0 Å². The van der Waals surface area contributed by atoms with Gasteiger partial charge in [-0.2, -0.15) is 0 Å². The Balaban J connectivity index is 1.58. The number of hydrogen-bond acceptors (Lipinski definition) is 6. The maximum Gasteiger partial charge on any atom is 0.348 e. The molecule has 1 heterocycles. The van der Waals surface area contributed by atoms with E-state index in [-0.39, 0.29) is 24.0 Å². The molecule has 0 fully saturated rings. The van der Waals surface area contributed by atoms with Gasteiger partial charge in [0, 0.05) is 12.2 Å². The number of carbonyl (C=O) groups excluding carboxylic acids is 3. The van der Waals surface area contributed by atoms with E-state index in [4.69, 9.17) is 9.47 Å². The largest absolute Gasteiger partial charge is 0.470 e. The third-order valence-corrected chi connectivity index (χ3v) is 4.69. The van der Waals surface area contributed by atoms with Crippen molar-refractivity contribution in [3.05, 3.63) is 77.7 Å².